The van der Waals surface area contributed by atoms with E-state index in [-0.39, 0.29) is 17.6 Å². The molecule has 0 bridgehead atoms. The summed E-state index contributed by atoms with van der Waals surface area (Å²) in [5.41, 5.74) is 0.867. The lowest BCUT2D eigenvalue weighted by Crippen LogP contribution is -2.46. The van der Waals surface area contributed by atoms with Gasteiger partial charge in [0.1, 0.15) is 5.82 Å². The lowest BCUT2D eigenvalue weighted by atomic mass is 10.1. The van der Waals surface area contributed by atoms with Crippen LogP contribution in [0.5, 0.6) is 0 Å². The van der Waals surface area contributed by atoms with Gasteiger partial charge in [0.2, 0.25) is 0 Å². The van der Waals surface area contributed by atoms with Crippen molar-refractivity contribution in [2.45, 2.75) is 13.8 Å². The van der Waals surface area contributed by atoms with Crippen molar-refractivity contribution in [3.63, 3.8) is 0 Å². The highest BCUT2D eigenvalue weighted by Gasteiger charge is 2.21. The van der Waals surface area contributed by atoms with Gasteiger partial charge in [0.15, 0.2) is 0 Å². The minimum Gasteiger partial charge on any atom is -0.367 e. The summed E-state index contributed by atoms with van der Waals surface area (Å²) in [6.07, 6.45) is 0. The zero-order chi connectivity index (χ0) is 17.7. The van der Waals surface area contributed by atoms with Crippen LogP contribution < -0.4 is 4.90 Å². The molecule has 1 fully saturated rings. The molecular formula is C18H25FN4O. The third-order valence-corrected chi connectivity index (χ3v) is 4.47. The molecule has 6 heteroatoms. The summed E-state index contributed by atoms with van der Waals surface area (Å²) >= 11 is 0. The molecule has 1 saturated heterocycles. The number of carbonyl (C=O) groups excluding carboxylic acids is 1. The Morgan fingerprint density at radius 3 is 2.58 bits per heavy atom. The molecule has 0 saturated carbocycles. The number of amides is 1. The molecule has 1 unspecified atom stereocenters. The fraction of sp³-hybridized carbons (Fsp3) is 0.556. The van der Waals surface area contributed by atoms with Gasteiger partial charge in [0.05, 0.1) is 17.7 Å². The van der Waals surface area contributed by atoms with Gasteiger partial charge in [-0.3, -0.25) is 4.79 Å². The smallest absolute Gasteiger partial charge is 0.253 e. The van der Waals surface area contributed by atoms with Crippen LogP contribution in [-0.2, 0) is 0 Å². The molecule has 24 heavy (non-hydrogen) atoms. The zero-order valence-corrected chi connectivity index (χ0v) is 14.6. The molecule has 0 N–H and O–H groups in total. The molecule has 1 aliphatic rings. The van der Waals surface area contributed by atoms with Gasteiger partial charge in [-0.05, 0) is 31.7 Å². The molecule has 130 valence electrons. The maximum atomic E-state index is 14.5. The Kier molecular flexibility index (Phi) is 6.16. The van der Waals surface area contributed by atoms with E-state index in [1.807, 2.05) is 4.90 Å². The maximum Gasteiger partial charge on any atom is 0.253 e. The Morgan fingerprint density at radius 2 is 2.04 bits per heavy atom. The van der Waals surface area contributed by atoms with Crippen molar-refractivity contribution in [3.8, 4) is 6.07 Å². The van der Waals surface area contributed by atoms with E-state index < -0.39 is 0 Å². The van der Waals surface area contributed by atoms with Crippen molar-refractivity contribution in [2.75, 3.05) is 51.2 Å². The fourth-order valence-electron chi connectivity index (χ4n) is 2.96. The molecule has 0 aliphatic carbocycles. The second-order valence-corrected chi connectivity index (χ2v) is 6.30. The number of rotatable bonds is 5. The quantitative estimate of drug-likeness (QED) is 0.829. The standard InChI is InChI=1S/C18H25FN4O/c1-4-22-7-9-23(10-8-22)17-6-5-15(11-16(17)19)18(24)21(3)13-14(2)12-20/h5-6,11,14H,4,7-10,13H2,1-3H3. The number of likely N-dealkylation sites (N-methyl/N-ethyl adjacent to an activating group) is 1. The summed E-state index contributed by atoms with van der Waals surface area (Å²) in [5.74, 6) is -0.885. The first-order valence-corrected chi connectivity index (χ1v) is 8.38. The van der Waals surface area contributed by atoms with E-state index in [0.717, 1.165) is 32.7 Å². The van der Waals surface area contributed by atoms with Crippen LogP contribution in [0, 0.1) is 23.1 Å². The first-order chi connectivity index (χ1) is 11.5. The van der Waals surface area contributed by atoms with Crippen LogP contribution in [0.3, 0.4) is 0 Å². The van der Waals surface area contributed by atoms with Crippen molar-refractivity contribution in [2.24, 2.45) is 5.92 Å². The Labute approximate surface area is 143 Å². The summed E-state index contributed by atoms with van der Waals surface area (Å²) < 4.78 is 14.5. The summed E-state index contributed by atoms with van der Waals surface area (Å²) in [6.45, 7) is 8.64. The first kappa shape index (κ1) is 18.2. The van der Waals surface area contributed by atoms with Crippen molar-refractivity contribution < 1.29 is 9.18 Å². The topological polar surface area (TPSA) is 50.6 Å². The van der Waals surface area contributed by atoms with Gasteiger partial charge in [-0.15, -0.1) is 0 Å². The average molecular weight is 332 g/mol. The van der Waals surface area contributed by atoms with E-state index in [9.17, 15) is 9.18 Å². The third kappa shape index (κ3) is 4.24. The maximum absolute atomic E-state index is 14.5. The Balaban J connectivity index is 2.07. The number of hydrogen-bond donors (Lipinski definition) is 0. The molecule has 2 rings (SSSR count). The van der Waals surface area contributed by atoms with Gasteiger partial charge in [-0.2, -0.15) is 5.26 Å². The predicted octanol–water partition coefficient (Wildman–Crippen LogP) is 2.20. The highest BCUT2D eigenvalue weighted by molar-refractivity contribution is 5.94. The predicted molar refractivity (Wildman–Crippen MR) is 92.5 cm³/mol. The number of nitriles is 1. The molecule has 1 heterocycles. The normalized spacial score (nSPS) is 16.5. The second-order valence-electron chi connectivity index (χ2n) is 6.30. The van der Waals surface area contributed by atoms with Crippen LogP contribution in [-0.4, -0.2) is 62.0 Å². The van der Waals surface area contributed by atoms with E-state index >= 15 is 0 Å². The zero-order valence-electron chi connectivity index (χ0n) is 14.6. The number of hydrogen-bond acceptors (Lipinski definition) is 4. The Bertz CT molecular complexity index is 620. The number of carbonyl (C=O) groups is 1. The fourth-order valence-corrected chi connectivity index (χ4v) is 2.96. The minimum absolute atomic E-state index is 0.252. The SMILES string of the molecule is CCN1CCN(c2ccc(C(=O)N(C)CC(C)C#N)cc2F)CC1. The highest BCUT2D eigenvalue weighted by Crippen LogP contribution is 2.22. The van der Waals surface area contributed by atoms with Crippen LogP contribution in [0.25, 0.3) is 0 Å². The van der Waals surface area contributed by atoms with E-state index in [0.29, 0.717) is 17.8 Å². The van der Waals surface area contributed by atoms with E-state index in [2.05, 4.69) is 17.9 Å². The number of benzene rings is 1. The molecule has 0 aromatic heterocycles. The summed E-state index contributed by atoms with van der Waals surface area (Å²) in [4.78, 5) is 18.2. The van der Waals surface area contributed by atoms with Gasteiger partial charge in [-0.1, -0.05) is 6.92 Å². The first-order valence-electron chi connectivity index (χ1n) is 8.38. The molecule has 1 atom stereocenters. The average Bonchev–Trinajstić information content (AvgIpc) is 2.60. The van der Waals surface area contributed by atoms with Crippen molar-refractivity contribution >= 4 is 11.6 Å². The summed E-state index contributed by atoms with van der Waals surface area (Å²) in [6, 6.07) is 6.75. The van der Waals surface area contributed by atoms with E-state index in [4.69, 9.17) is 5.26 Å². The number of halogens is 1. The minimum atomic E-state index is -0.368. The van der Waals surface area contributed by atoms with Crippen molar-refractivity contribution in [1.82, 2.24) is 9.80 Å². The molecule has 1 aromatic rings. The lowest BCUT2D eigenvalue weighted by molar-refractivity contribution is 0.0784. The summed E-state index contributed by atoms with van der Waals surface area (Å²) in [7, 11) is 1.63. The van der Waals surface area contributed by atoms with Gasteiger partial charge in [0, 0.05) is 45.3 Å². The largest absolute Gasteiger partial charge is 0.367 e. The van der Waals surface area contributed by atoms with Crippen LogP contribution in [0.4, 0.5) is 10.1 Å². The molecule has 0 radical (unpaired) electrons. The van der Waals surface area contributed by atoms with Crippen LogP contribution in [0.2, 0.25) is 0 Å². The van der Waals surface area contributed by atoms with Crippen LogP contribution >= 0.6 is 0 Å². The van der Waals surface area contributed by atoms with E-state index in [1.54, 1.807) is 26.1 Å². The molecule has 1 aliphatic heterocycles. The van der Waals surface area contributed by atoms with E-state index in [1.165, 1.54) is 11.0 Å². The molecule has 1 aromatic carbocycles. The van der Waals surface area contributed by atoms with Gasteiger partial charge in [0.25, 0.3) is 5.91 Å². The van der Waals surface area contributed by atoms with Crippen molar-refractivity contribution in [1.29, 1.82) is 5.26 Å². The van der Waals surface area contributed by atoms with Gasteiger partial charge in [-0.25, -0.2) is 4.39 Å². The van der Waals surface area contributed by atoms with Gasteiger partial charge < -0.3 is 14.7 Å². The Morgan fingerprint density at radius 1 is 1.38 bits per heavy atom. The second kappa shape index (κ2) is 8.11. The molecule has 0 spiro atoms. The van der Waals surface area contributed by atoms with Crippen molar-refractivity contribution in [3.05, 3.63) is 29.6 Å². The highest BCUT2D eigenvalue weighted by atomic mass is 19.1. The lowest BCUT2D eigenvalue weighted by Gasteiger charge is -2.35. The molecule has 1 amide bonds. The van der Waals surface area contributed by atoms with Crippen LogP contribution in [0.15, 0.2) is 18.2 Å². The number of nitrogens with zero attached hydrogens (tertiary/aromatic N) is 4. The number of anilines is 1. The Hall–Kier alpha value is -2.13. The van der Waals surface area contributed by atoms with Gasteiger partial charge >= 0.3 is 0 Å². The molecule has 5 nitrogen and oxygen atoms in total. The van der Waals surface area contributed by atoms with Crippen LogP contribution in [0.1, 0.15) is 24.2 Å². The molecular weight excluding hydrogens is 307 g/mol. The summed E-state index contributed by atoms with van der Waals surface area (Å²) in [5, 5.41) is 8.84. The monoisotopic (exact) mass is 332 g/mol. The third-order valence-electron chi connectivity index (χ3n) is 4.47. The number of piperazine rings is 1.